The van der Waals surface area contributed by atoms with Crippen molar-refractivity contribution >= 4 is 23.5 Å². The summed E-state index contributed by atoms with van der Waals surface area (Å²) < 4.78 is 10.4. The second kappa shape index (κ2) is 6.58. The maximum Gasteiger partial charge on any atom is 0.328 e. The first-order valence-corrected chi connectivity index (χ1v) is 6.44. The molecule has 1 heterocycles. The highest BCUT2D eigenvalue weighted by atomic mass is 35.5. The number of carbonyl (C=O) groups is 2. The van der Waals surface area contributed by atoms with Crippen LogP contribution in [0.2, 0.25) is 5.02 Å². The highest BCUT2D eigenvalue weighted by Gasteiger charge is 2.32. The molecule has 1 aliphatic rings. The van der Waals surface area contributed by atoms with Crippen LogP contribution in [0.25, 0.3) is 0 Å². The zero-order chi connectivity index (χ0) is 14.5. The number of nitrogens with zero attached hydrogens (tertiary/aromatic N) is 1. The second-order valence-electron chi connectivity index (χ2n) is 4.24. The molecular weight excluding hydrogens is 286 g/mol. The van der Waals surface area contributed by atoms with Gasteiger partial charge in [0.25, 0.3) is 5.91 Å². The molecular formula is C13H14ClNO5. The molecule has 1 aromatic carbocycles. The van der Waals surface area contributed by atoms with Crippen LogP contribution >= 0.6 is 11.6 Å². The number of amides is 1. The van der Waals surface area contributed by atoms with Crippen molar-refractivity contribution in [3.8, 4) is 5.75 Å². The summed E-state index contributed by atoms with van der Waals surface area (Å²) in [7, 11) is 0. The van der Waals surface area contributed by atoms with E-state index in [1.165, 1.54) is 4.90 Å². The molecule has 0 aliphatic carbocycles. The quantitative estimate of drug-likeness (QED) is 0.898. The minimum absolute atomic E-state index is 0.00678. The Balaban J connectivity index is 1.97. The number of aliphatic carboxylic acids is 1. The minimum atomic E-state index is -1.09. The predicted octanol–water partition coefficient (Wildman–Crippen LogP) is 1.03. The monoisotopic (exact) mass is 299 g/mol. The zero-order valence-electron chi connectivity index (χ0n) is 10.6. The maximum atomic E-state index is 12.0. The zero-order valence-corrected chi connectivity index (χ0v) is 11.4. The molecule has 1 atom stereocenters. The van der Waals surface area contributed by atoms with Crippen molar-refractivity contribution in [3.05, 3.63) is 29.3 Å². The fourth-order valence-corrected chi connectivity index (χ4v) is 2.08. The first-order chi connectivity index (χ1) is 9.59. The predicted molar refractivity (Wildman–Crippen MR) is 70.9 cm³/mol. The maximum absolute atomic E-state index is 12.0. The average Bonchev–Trinajstić information content (AvgIpc) is 2.46. The summed E-state index contributed by atoms with van der Waals surface area (Å²) in [4.78, 5) is 24.4. The average molecular weight is 300 g/mol. The first-order valence-electron chi connectivity index (χ1n) is 6.07. The van der Waals surface area contributed by atoms with E-state index >= 15 is 0 Å². The van der Waals surface area contributed by atoms with Gasteiger partial charge in [-0.05, 0) is 12.1 Å². The second-order valence-corrected chi connectivity index (χ2v) is 4.64. The Morgan fingerprint density at radius 3 is 2.90 bits per heavy atom. The Morgan fingerprint density at radius 1 is 1.45 bits per heavy atom. The molecule has 0 saturated carbocycles. The summed E-state index contributed by atoms with van der Waals surface area (Å²) in [5.41, 5.74) is 0. The molecule has 7 heteroatoms. The summed E-state index contributed by atoms with van der Waals surface area (Å²) in [6.45, 7) is 0.296. The van der Waals surface area contributed by atoms with Crippen molar-refractivity contribution in [3.63, 3.8) is 0 Å². The number of hydrogen-bond acceptors (Lipinski definition) is 4. The van der Waals surface area contributed by atoms with Gasteiger partial charge in [0.2, 0.25) is 0 Å². The van der Waals surface area contributed by atoms with Gasteiger partial charge in [-0.25, -0.2) is 4.79 Å². The molecule has 20 heavy (non-hydrogen) atoms. The number of carboxylic acid groups (broad SMARTS) is 1. The number of ether oxygens (including phenoxy) is 2. The van der Waals surface area contributed by atoms with Crippen LogP contribution in [-0.4, -0.2) is 54.3 Å². The van der Waals surface area contributed by atoms with E-state index in [0.29, 0.717) is 17.4 Å². The van der Waals surface area contributed by atoms with Crippen LogP contribution in [0.5, 0.6) is 5.75 Å². The smallest absolute Gasteiger partial charge is 0.328 e. The van der Waals surface area contributed by atoms with Crippen molar-refractivity contribution in [2.75, 3.05) is 26.4 Å². The standard InChI is InChI=1S/C13H14ClNO5/c14-9-3-1-2-4-11(9)20-8-12(16)15-5-6-19-7-10(15)13(17)18/h1-4,10H,5-8H2,(H,17,18). The van der Waals surface area contributed by atoms with E-state index in [1.54, 1.807) is 24.3 Å². The number of carbonyl (C=O) groups excluding carboxylic acids is 1. The van der Waals surface area contributed by atoms with Gasteiger partial charge in [0, 0.05) is 6.54 Å². The van der Waals surface area contributed by atoms with Gasteiger partial charge in [0.1, 0.15) is 5.75 Å². The lowest BCUT2D eigenvalue weighted by molar-refractivity contribution is -0.159. The van der Waals surface area contributed by atoms with Crippen molar-refractivity contribution in [1.29, 1.82) is 0 Å². The molecule has 1 aromatic rings. The van der Waals surface area contributed by atoms with Gasteiger partial charge < -0.3 is 19.5 Å². The third kappa shape index (κ3) is 3.40. The largest absolute Gasteiger partial charge is 0.482 e. The highest BCUT2D eigenvalue weighted by Crippen LogP contribution is 2.23. The first kappa shape index (κ1) is 14.6. The van der Waals surface area contributed by atoms with E-state index in [0.717, 1.165) is 0 Å². The summed E-state index contributed by atoms with van der Waals surface area (Å²) in [6, 6.07) is 5.81. The van der Waals surface area contributed by atoms with Crippen LogP contribution < -0.4 is 4.74 Å². The highest BCUT2D eigenvalue weighted by molar-refractivity contribution is 6.32. The Morgan fingerprint density at radius 2 is 2.20 bits per heavy atom. The van der Waals surface area contributed by atoms with E-state index in [1.807, 2.05) is 0 Å². The van der Waals surface area contributed by atoms with Gasteiger partial charge in [-0.1, -0.05) is 23.7 Å². The van der Waals surface area contributed by atoms with E-state index < -0.39 is 17.9 Å². The molecule has 1 amide bonds. The number of benzene rings is 1. The van der Waals surface area contributed by atoms with Crippen LogP contribution in [0, 0.1) is 0 Å². The topological polar surface area (TPSA) is 76.1 Å². The molecule has 108 valence electrons. The molecule has 0 radical (unpaired) electrons. The van der Waals surface area contributed by atoms with Crippen LogP contribution in [0.4, 0.5) is 0 Å². The Bertz CT molecular complexity index is 507. The molecule has 1 aliphatic heterocycles. The molecule has 1 fully saturated rings. The molecule has 0 aromatic heterocycles. The van der Waals surface area contributed by atoms with Gasteiger partial charge in [-0.15, -0.1) is 0 Å². The third-order valence-corrected chi connectivity index (χ3v) is 3.23. The van der Waals surface area contributed by atoms with Gasteiger partial charge in [0.05, 0.1) is 18.2 Å². The molecule has 6 nitrogen and oxygen atoms in total. The number of hydrogen-bond donors (Lipinski definition) is 1. The van der Waals surface area contributed by atoms with Crippen LogP contribution in [0.15, 0.2) is 24.3 Å². The number of para-hydroxylation sites is 1. The van der Waals surface area contributed by atoms with Gasteiger partial charge >= 0.3 is 5.97 Å². The lowest BCUT2D eigenvalue weighted by atomic mass is 10.2. The summed E-state index contributed by atoms with van der Waals surface area (Å²) >= 11 is 5.91. The Kier molecular flexibility index (Phi) is 4.81. The van der Waals surface area contributed by atoms with Crippen molar-refractivity contribution in [2.45, 2.75) is 6.04 Å². The fraction of sp³-hybridized carbons (Fsp3) is 0.385. The van der Waals surface area contributed by atoms with E-state index in [2.05, 4.69) is 0 Å². The van der Waals surface area contributed by atoms with E-state index in [-0.39, 0.29) is 19.8 Å². The van der Waals surface area contributed by atoms with Gasteiger partial charge in [-0.2, -0.15) is 0 Å². The number of halogens is 1. The number of morpholine rings is 1. The molecule has 1 N–H and O–H groups in total. The van der Waals surface area contributed by atoms with Crippen molar-refractivity contribution in [1.82, 2.24) is 4.90 Å². The fourth-order valence-electron chi connectivity index (χ4n) is 1.89. The lowest BCUT2D eigenvalue weighted by Crippen LogP contribution is -2.53. The SMILES string of the molecule is O=C(O)C1COCCN1C(=O)COc1ccccc1Cl. The Hall–Kier alpha value is -1.79. The Labute approximate surface area is 120 Å². The third-order valence-electron chi connectivity index (χ3n) is 2.92. The lowest BCUT2D eigenvalue weighted by Gasteiger charge is -2.32. The van der Waals surface area contributed by atoms with Crippen LogP contribution in [-0.2, 0) is 14.3 Å². The van der Waals surface area contributed by atoms with Gasteiger partial charge in [0.15, 0.2) is 12.6 Å². The van der Waals surface area contributed by atoms with E-state index in [9.17, 15) is 9.59 Å². The minimum Gasteiger partial charge on any atom is -0.482 e. The van der Waals surface area contributed by atoms with Crippen molar-refractivity contribution < 1.29 is 24.2 Å². The van der Waals surface area contributed by atoms with E-state index in [4.69, 9.17) is 26.2 Å². The van der Waals surface area contributed by atoms with Crippen LogP contribution in [0.1, 0.15) is 0 Å². The molecule has 0 spiro atoms. The summed E-state index contributed by atoms with van der Waals surface area (Å²) in [5.74, 6) is -1.10. The molecule has 2 rings (SSSR count). The van der Waals surface area contributed by atoms with Crippen molar-refractivity contribution in [2.24, 2.45) is 0 Å². The summed E-state index contributed by atoms with van der Waals surface area (Å²) in [6.07, 6.45) is 0. The number of rotatable bonds is 4. The summed E-state index contributed by atoms with van der Waals surface area (Å²) in [5, 5.41) is 9.45. The number of carboxylic acids is 1. The van der Waals surface area contributed by atoms with Gasteiger partial charge in [-0.3, -0.25) is 4.79 Å². The van der Waals surface area contributed by atoms with Crippen LogP contribution in [0.3, 0.4) is 0 Å². The molecule has 1 unspecified atom stereocenters. The normalized spacial score (nSPS) is 18.6. The molecule has 1 saturated heterocycles. The molecule has 0 bridgehead atoms.